The highest BCUT2D eigenvalue weighted by Crippen LogP contribution is 2.32. The second kappa shape index (κ2) is 11.7. The van der Waals surface area contributed by atoms with Gasteiger partial charge in [0.15, 0.2) is 23.9 Å². The van der Waals surface area contributed by atoms with Gasteiger partial charge in [-0.05, 0) is 35.9 Å². The van der Waals surface area contributed by atoms with E-state index in [1.54, 1.807) is 32.4 Å². The molecule has 0 bridgehead atoms. The maximum atomic E-state index is 13.8. The first-order valence-electron chi connectivity index (χ1n) is 13.0. The smallest absolute Gasteiger partial charge is 0.254 e. The second-order valence-corrected chi connectivity index (χ2v) is 9.44. The Morgan fingerprint density at radius 3 is 2.55 bits per heavy atom. The highest BCUT2D eigenvalue weighted by Gasteiger charge is 2.34. The lowest BCUT2D eigenvalue weighted by Gasteiger charge is -2.42. The van der Waals surface area contributed by atoms with Gasteiger partial charge in [0, 0.05) is 37.3 Å². The second-order valence-electron chi connectivity index (χ2n) is 9.44. The summed E-state index contributed by atoms with van der Waals surface area (Å²) in [6.07, 6.45) is 4.04. The number of carbonyl (C=O) groups excluding carboxylic acids is 1. The van der Waals surface area contributed by atoms with Crippen molar-refractivity contribution in [3.63, 3.8) is 0 Å². The number of nitrogens with one attached hydrogen (secondary N) is 1. The van der Waals surface area contributed by atoms with Crippen molar-refractivity contribution in [3.05, 3.63) is 96.2 Å². The van der Waals surface area contributed by atoms with Crippen molar-refractivity contribution < 1.29 is 18.8 Å². The van der Waals surface area contributed by atoms with Gasteiger partial charge < -0.3 is 19.3 Å². The fourth-order valence-electron chi connectivity index (χ4n) is 5.12. The lowest BCUT2D eigenvalue weighted by Crippen LogP contribution is -2.54. The standard InChI is InChI=1S/C31H30N6O3/c1-35-16-8-11-24-25(12-7-13-26(24)35)34-31(33-21-32)36-17-18-37(27(20-36)22-9-5-4-6-10-22)30(38)23-14-15-28(39-2)29(19-23)40-3/h4-16,19,27H,17-18,20H2,1-3H3/p+1. The molecule has 0 saturated carbocycles. The number of aliphatic imine (C=N–C) groups is 1. The lowest BCUT2D eigenvalue weighted by molar-refractivity contribution is -0.644. The van der Waals surface area contributed by atoms with Crippen LogP contribution in [0, 0.1) is 11.5 Å². The Labute approximate surface area is 233 Å². The van der Waals surface area contributed by atoms with Crippen LogP contribution in [0.2, 0.25) is 0 Å². The minimum Gasteiger partial charge on any atom is -0.493 e. The van der Waals surface area contributed by atoms with Crippen LogP contribution in [0.15, 0.2) is 90.1 Å². The zero-order valence-electron chi connectivity index (χ0n) is 22.7. The van der Waals surface area contributed by atoms with E-state index in [4.69, 9.17) is 14.5 Å². The topological polar surface area (TPSA) is 94.1 Å². The van der Waals surface area contributed by atoms with E-state index < -0.39 is 0 Å². The number of amides is 1. The maximum Gasteiger partial charge on any atom is 0.254 e. The summed E-state index contributed by atoms with van der Waals surface area (Å²) in [6.45, 7) is 1.38. The highest BCUT2D eigenvalue weighted by atomic mass is 16.5. The van der Waals surface area contributed by atoms with E-state index in [2.05, 4.69) is 5.32 Å². The Bertz CT molecular complexity index is 1600. The van der Waals surface area contributed by atoms with E-state index in [0.717, 1.165) is 22.2 Å². The molecule has 1 atom stereocenters. The molecule has 1 amide bonds. The quantitative estimate of drug-likeness (QED) is 0.137. The predicted octanol–water partition coefficient (Wildman–Crippen LogP) is 3.94. The molecule has 1 aliphatic rings. The lowest BCUT2D eigenvalue weighted by atomic mass is 10.0. The number of pyridine rings is 1. The number of fused-ring (bicyclic) bond motifs is 1. The number of hydrogen-bond acceptors (Lipinski definition) is 5. The van der Waals surface area contributed by atoms with Gasteiger partial charge in [0.25, 0.3) is 5.91 Å². The Morgan fingerprint density at radius 2 is 1.80 bits per heavy atom. The van der Waals surface area contributed by atoms with E-state index in [-0.39, 0.29) is 11.9 Å². The molecule has 0 radical (unpaired) electrons. The molecule has 1 fully saturated rings. The molecule has 1 N–H and O–H groups in total. The summed E-state index contributed by atoms with van der Waals surface area (Å²) in [7, 11) is 5.11. The molecule has 1 aliphatic heterocycles. The van der Waals surface area contributed by atoms with Crippen LogP contribution in [-0.2, 0) is 7.05 Å². The number of ether oxygens (including phenoxy) is 2. The molecular weight excluding hydrogens is 504 g/mol. The third kappa shape index (κ3) is 5.24. The van der Waals surface area contributed by atoms with Gasteiger partial charge in [0.2, 0.25) is 11.5 Å². The average Bonchev–Trinajstić information content (AvgIpc) is 3.00. The van der Waals surface area contributed by atoms with E-state index in [1.165, 1.54) is 0 Å². The first-order valence-corrected chi connectivity index (χ1v) is 13.0. The van der Waals surface area contributed by atoms with E-state index in [1.807, 2.05) is 94.5 Å². The van der Waals surface area contributed by atoms with Crippen molar-refractivity contribution in [1.29, 1.82) is 5.26 Å². The molecule has 9 heteroatoms. The Hall–Kier alpha value is -5.10. The van der Waals surface area contributed by atoms with Gasteiger partial charge in [-0.25, -0.2) is 9.56 Å². The highest BCUT2D eigenvalue weighted by molar-refractivity contribution is 5.96. The molecular formula is C31H31N6O3+. The van der Waals surface area contributed by atoms with Crippen LogP contribution in [0.1, 0.15) is 22.0 Å². The van der Waals surface area contributed by atoms with E-state index >= 15 is 0 Å². The van der Waals surface area contributed by atoms with E-state index in [9.17, 15) is 10.1 Å². The molecule has 1 aromatic heterocycles. The van der Waals surface area contributed by atoms with Crippen LogP contribution >= 0.6 is 0 Å². The van der Waals surface area contributed by atoms with Crippen LogP contribution in [0.25, 0.3) is 10.9 Å². The summed E-state index contributed by atoms with van der Waals surface area (Å²) in [4.78, 5) is 22.6. The number of nitrogens with zero attached hydrogens (tertiary/aromatic N) is 5. The number of carbonyl (C=O) groups is 1. The van der Waals surface area contributed by atoms with Crippen LogP contribution in [0.3, 0.4) is 0 Å². The third-order valence-electron chi connectivity index (χ3n) is 7.16. The Kier molecular flexibility index (Phi) is 7.78. The molecule has 9 nitrogen and oxygen atoms in total. The summed E-state index contributed by atoms with van der Waals surface area (Å²) >= 11 is 0. The minimum atomic E-state index is -0.272. The van der Waals surface area contributed by atoms with Gasteiger partial charge in [-0.2, -0.15) is 5.26 Å². The van der Waals surface area contributed by atoms with Crippen LogP contribution < -0.4 is 19.4 Å². The van der Waals surface area contributed by atoms with Gasteiger partial charge in [-0.1, -0.05) is 36.4 Å². The average molecular weight is 536 g/mol. The van der Waals surface area contributed by atoms with Gasteiger partial charge in [0.1, 0.15) is 7.05 Å². The van der Waals surface area contributed by atoms with Crippen molar-refractivity contribution in [2.24, 2.45) is 12.0 Å². The summed E-state index contributed by atoms with van der Waals surface area (Å²) in [5, 5.41) is 13.4. The summed E-state index contributed by atoms with van der Waals surface area (Å²) in [5.74, 6) is 1.40. The Morgan fingerprint density at radius 1 is 1.00 bits per heavy atom. The van der Waals surface area contributed by atoms with Crippen molar-refractivity contribution in [2.45, 2.75) is 6.04 Å². The van der Waals surface area contributed by atoms with Gasteiger partial charge >= 0.3 is 0 Å². The number of aromatic nitrogens is 1. The number of nitriles is 1. The van der Waals surface area contributed by atoms with E-state index in [0.29, 0.717) is 42.7 Å². The number of hydrogen-bond donors (Lipinski definition) is 1. The third-order valence-corrected chi connectivity index (χ3v) is 7.16. The Balaban J connectivity index is 1.50. The number of methoxy groups -OCH3 is 2. The zero-order valence-corrected chi connectivity index (χ0v) is 22.7. The molecule has 1 saturated heterocycles. The summed E-state index contributed by atoms with van der Waals surface area (Å²) in [5.41, 5.74) is 3.30. The zero-order chi connectivity index (χ0) is 28.1. The largest absolute Gasteiger partial charge is 0.493 e. The van der Waals surface area contributed by atoms with Crippen LogP contribution in [-0.4, -0.2) is 55.5 Å². The fraction of sp³-hybridized carbons (Fsp3) is 0.226. The molecule has 0 aliphatic carbocycles. The molecule has 40 heavy (non-hydrogen) atoms. The molecule has 2 heterocycles. The number of rotatable bonds is 5. The van der Waals surface area contributed by atoms with Crippen molar-refractivity contribution in [2.75, 3.05) is 33.9 Å². The number of piperazine rings is 1. The number of guanidine groups is 1. The molecule has 4 aromatic rings. The summed E-state index contributed by atoms with van der Waals surface area (Å²) in [6, 6.07) is 24.8. The number of benzene rings is 3. The van der Waals surface area contributed by atoms with Crippen molar-refractivity contribution in [3.8, 4) is 17.7 Å². The summed E-state index contributed by atoms with van der Waals surface area (Å²) < 4.78 is 12.8. The van der Waals surface area contributed by atoms with Gasteiger partial charge in [0.05, 0.1) is 31.3 Å². The van der Waals surface area contributed by atoms with Gasteiger partial charge in [-0.15, -0.1) is 0 Å². The monoisotopic (exact) mass is 535 g/mol. The van der Waals surface area contributed by atoms with Crippen LogP contribution in [0.5, 0.6) is 11.5 Å². The first-order chi connectivity index (χ1) is 19.5. The fourth-order valence-corrected chi connectivity index (χ4v) is 5.12. The van der Waals surface area contributed by atoms with Crippen molar-refractivity contribution in [1.82, 2.24) is 15.1 Å². The molecule has 1 unspecified atom stereocenters. The molecule has 5 rings (SSSR count). The molecule has 0 spiro atoms. The normalized spacial score (nSPS) is 15.4. The predicted molar refractivity (Wildman–Crippen MR) is 152 cm³/mol. The van der Waals surface area contributed by atoms with Gasteiger partial charge in [-0.3, -0.25) is 10.1 Å². The molecule has 3 aromatic carbocycles. The number of aryl methyl sites for hydroxylation is 1. The maximum absolute atomic E-state index is 13.8. The first kappa shape index (κ1) is 26.5. The van der Waals surface area contributed by atoms with Crippen molar-refractivity contribution >= 4 is 28.5 Å². The van der Waals surface area contributed by atoms with Crippen LogP contribution in [0.4, 0.5) is 5.69 Å². The minimum absolute atomic E-state index is 0.109. The SMILES string of the molecule is COc1ccc(C(=O)N2CCN(C(=Nc3cccc4c3ccc[n+]4C)NC#N)CC2c2ccccc2)cc1OC. The molecule has 202 valence electrons.